The first kappa shape index (κ1) is 14.7. The quantitative estimate of drug-likeness (QED) is 0.797. The van der Waals surface area contributed by atoms with Gasteiger partial charge in [0.15, 0.2) is 17.1 Å². The molecule has 1 aliphatic heterocycles. The van der Waals surface area contributed by atoms with Crippen LogP contribution in [-0.4, -0.2) is 24.3 Å². The summed E-state index contributed by atoms with van der Waals surface area (Å²) >= 11 is 0. The zero-order valence-corrected chi connectivity index (χ0v) is 11.1. The van der Waals surface area contributed by atoms with Crippen molar-refractivity contribution in [2.75, 3.05) is 18.5 Å². The van der Waals surface area contributed by atoms with E-state index in [4.69, 9.17) is 25.3 Å². The number of hydrogen-bond donors (Lipinski definition) is 2. The molecule has 0 aromatic heterocycles. The van der Waals surface area contributed by atoms with E-state index in [1.807, 2.05) is 0 Å². The Morgan fingerprint density at radius 1 is 1.09 bits per heavy atom. The number of hydrogen-bond acceptors (Lipinski definition) is 7. The topological polar surface area (TPSA) is 139 Å². The van der Waals surface area contributed by atoms with Crippen LogP contribution in [0.5, 0.6) is 11.5 Å². The lowest BCUT2D eigenvalue weighted by molar-refractivity contribution is 0.0697. The molecule has 0 amide bonds. The molecule has 0 radical (unpaired) electrons. The van der Waals surface area contributed by atoms with Crippen LogP contribution in [0, 0.1) is 34.0 Å². The number of nitrogens with zero attached hydrogens (tertiary/aromatic N) is 3. The molecular formula is C14H8N4O4. The van der Waals surface area contributed by atoms with Gasteiger partial charge in [0, 0.05) is 12.1 Å². The highest BCUT2D eigenvalue weighted by molar-refractivity contribution is 5.96. The average molecular weight is 296 g/mol. The first-order valence-corrected chi connectivity index (χ1v) is 5.99. The molecule has 8 nitrogen and oxygen atoms in total. The van der Waals surface area contributed by atoms with Crippen molar-refractivity contribution >= 4 is 11.7 Å². The van der Waals surface area contributed by atoms with Gasteiger partial charge >= 0.3 is 5.97 Å². The van der Waals surface area contributed by atoms with Gasteiger partial charge in [-0.3, -0.25) is 0 Å². The van der Waals surface area contributed by atoms with Gasteiger partial charge in [0.1, 0.15) is 37.1 Å². The standard InChI is InChI=1S/C14H8N4O4/c15-5-8(6-16)11(7-17)18-10-4-13-12(21-1-2-22-13)3-9(10)14(19)20/h3-4,18H,1-2H2,(H,19,20). The molecule has 1 aromatic rings. The van der Waals surface area contributed by atoms with Crippen molar-refractivity contribution in [2.24, 2.45) is 0 Å². The second-order valence-corrected chi connectivity index (χ2v) is 4.06. The Morgan fingerprint density at radius 2 is 1.68 bits per heavy atom. The van der Waals surface area contributed by atoms with Crippen molar-refractivity contribution in [1.29, 1.82) is 15.8 Å². The summed E-state index contributed by atoms with van der Waals surface area (Å²) in [6.07, 6.45) is 0. The zero-order chi connectivity index (χ0) is 16.1. The van der Waals surface area contributed by atoms with E-state index in [2.05, 4.69) is 5.32 Å². The van der Waals surface area contributed by atoms with Crippen molar-refractivity contribution < 1.29 is 19.4 Å². The van der Waals surface area contributed by atoms with Gasteiger partial charge in [-0.1, -0.05) is 0 Å². The number of aromatic carboxylic acids is 1. The summed E-state index contributed by atoms with van der Waals surface area (Å²) in [6, 6.07) is 7.39. The molecule has 1 heterocycles. The Kier molecular flexibility index (Phi) is 4.12. The number of nitrogens with one attached hydrogen (secondary N) is 1. The molecule has 0 saturated carbocycles. The summed E-state index contributed by atoms with van der Waals surface area (Å²) in [5.74, 6) is -0.670. The van der Waals surface area contributed by atoms with Crippen LogP contribution in [0.25, 0.3) is 0 Å². The second-order valence-electron chi connectivity index (χ2n) is 4.06. The Labute approximate surface area is 125 Å². The summed E-state index contributed by atoms with van der Waals surface area (Å²) in [5.41, 5.74) is -0.943. The van der Waals surface area contributed by atoms with Crippen LogP contribution in [0.2, 0.25) is 0 Å². The number of carboxylic acid groups (broad SMARTS) is 1. The number of nitriles is 3. The van der Waals surface area contributed by atoms with E-state index >= 15 is 0 Å². The molecule has 1 aromatic carbocycles. The molecule has 22 heavy (non-hydrogen) atoms. The van der Waals surface area contributed by atoms with Crippen molar-refractivity contribution in [3.05, 3.63) is 29.0 Å². The van der Waals surface area contributed by atoms with Gasteiger partial charge in [-0.2, -0.15) is 15.8 Å². The predicted octanol–water partition coefficient (Wildman–Crippen LogP) is 1.39. The monoisotopic (exact) mass is 296 g/mol. The normalized spacial score (nSPS) is 11.3. The third-order valence-corrected chi connectivity index (χ3v) is 2.76. The second kappa shape index (κ2) is 6.17. The highest BCUT2D eigenvalue weighted by Crippen LogP contribution is 2.36. The van der Waals surface area contributed by atoms with Crippen LogP contribution < -0.4 is 14.8 Å². The van der Waals surface area contributed by atoms with Crippen molar-refractivity contribution in [3.63, 3.8) is 0 Å². The number of allylic oxidation sites excluding steroid dienone is 2. The lowest BCUT2D eigenvalue weighted by Crippen LogP contribution is -2.17. The van der Waals surface area contributed by atoms with Gasteiger partial charge in [-0.15, -0.1) is 0 Å². The van der Waals surface area contributed by atoms with Gasteiger partial charge in [-0.25, -0.2) is 4.79 Å². The maximum absolute atomic E-state index is 11.3. The van der Waals surface area contributed by atoms with E-state index in [9.17, 15) is 9.90 Å². The van der Waals surface area contributed by atoms with Crippen LogP contribution in [0.1, 0.15) is 10.4 Å². The minimum absolute atomic E-state index is 0.0244. The maximum atomic E-state index is 11.3. The average Bonchev–Trinajstić information content (AvgIpc) is 2.54. The van der Waals surface area contributed by atoms with Crippen LogP contribution in [-0.2, 0) is 0 Å². The number of ether oxygens (including phenoxy) is 2. The number of rotatable bonds is 3. The molecule has 108 valence electrons. The Balaban J connectivity index is 2.53. The van der Waals surface area contributed by atoms with E-state index < -0.39 is 11.5 Å². The summed E-state index contributed by atoms with van der Waals surface area (Å²) in [7, 11) is 0. The van der Waals surface area contributed by atoms with E-state index in [1.165, 1.54) is 12.1 Å². The fraction of sp³-hybridized carbons (Fsp3) is 0.143. The van der Waals surface area contributed by atoms with E-state index in [0.29, 0.717) is 19.0 Å². The smallest absolute Gasteiger partial charge is 0.337 e. The Hall–Kier alpha value is -3.70. The lowest BCUT2D eigenvalue weighted by Gasteiger charge is -2.20. The van der Waals surface area contributed by atoms with E-state index in [1.54, 1.807) is 18.2 Å². The molecule has 2 rings (SSSR count). The number of benzene rings is 1. The summed E-state index contributed by atoms with van der Waals surface area (Å²) in [5, 5.41) is 38.3. The molecule has 0 spiro atoms. The first-order valence-electron chi connectivity index (χ1n) is 5.99. The largest absolute Gasteiger partial charge is 0.486 e. The molecule has 2 N–H and O–H groups in total. The number of anilines is 1. The molecule has 0 atom stereocenters. The summed E-state index contributed by atoms with van der Waals surface area (Å²) in [6.45, 7) is 0.608. The Morgan fingerprint density at radius 3 is 2.18 bits per heavy atom. The van der Waals surface area contributed by atoms with Crippen molar-refractivity contribution in [2.45, 2.75) is 0 Å². The van der Waals surface area contributed by atoms with Crippen LogP contribution in [0.3, 0.4) is 0 Å². The minimum atomic E-state index is -1.26. The molecule has 0 bridgehead atoms. The van der Waals surface area contributed by atoms with Gasteiger partial charge in [0.2, 0.25) is 0 Å². The number of fused-ring (bicyclic) bond motifs is 1. The molecule has 0 unspecified atom stereocenters. The maximum Gasteiger partial charge on any atom is 0.337 e. The minimum Gasteiger partial charge on any atom is -0.486 e. The highest BCUT2D eigenvalue weighted by Gasteiger charge is 2.20. The molecule has 0 saturated heterocycles. The third kappa shape index (κ3) is 2.74. The van der Waals surface area contributed by atoms with Gasteiger partial charge < -0.3 is 19.9 Å². The van der Waals surface area contributed by atoms with Gasteiger partial charge in [0.05, 0.1) is 11.3 Å². The van der Waals surface area contributed by atoms with Crippen LogP contribution in [0.4, 0.5) is 5.69 Å². The summed E-state index contributed by atoms with van der Waals surface area (Å²) in [4.78, 5) is 11.3. The molecule has 8 heteroatoms. The van der Waals surface area contributed by atoms with Gasteiger partial charge in [0.25, 0.3) is 0 Å². The first-order chi connectivity index (χ1) is 10.6. The van der Waals surface area contributed by atoms with Gasteiger partial charge in [-0.05, 0) is 0 Å². The zero-order valence-electron chi connectivity index (χ0n) is 11.1. The van der Waals surface area contributed by atoms with E-state index in [0.717, 1.165) is 0 Å². The predicted molar refractivity (Wildman–Crippen MR) is 71.9 cm³/mol. The third-order valence-electron chi connectivity index (χ3n) is 2.76. The fourth-order valence-corrected chi connectivity index (χ4v) is 1.79. The SMILES string of the molecule is N#CC(C#N)=C(C#N)Nc1cc2c(cc1C(=O)O)OCCO2. The Bertz CT molecular complexity index is 777. The molecule has 0 aliphatic carbocycles. The molecule has 0 fully saturated rings. The molecular weight excluding hydrogens is 288 g/mol. The van der Waals surface area contributed by atoms with Crippen LogP contribution >= 0.6 is 0 Å². The van der Waals surface area contributed by atoms with Crippen molar-refractivity contribution in [1.82, 2.24) is 0 Å². The highest BCUT2D eigenvalue weighted by atomic mass is 16.6. The number of carbonyl (C=O) groups is 1. The fourth-order valence-electron chi connectivity index (χ4n) is 1.79. The van der Waals surface area contributed by atoms with E-state index in [-0.39, 0.29) is 22.7 Å². The summed E-state index contributed by atoms with van der Waals surface area (Å²) < 4.78 is 10.6. The lowest BCUT2D eigenvalue weighted by atomic mass is 10.1. The molecule has 1 aliphatic rings. The number of carboxylic acids is 1. The van der Waals surface area contributed by atoms with Crippen LogP contribution in [0.15, 0.2) is 23.4 Å². The van der Waals surface area contributed by atoms with Crippen molar-refractivity contribution in [3.8, 4) is 29.7 Å².